The first kappa shape index (κ1) is 15.8. The van der Waals surface area contributed by atoms with E-state index in [1.165, 1.54) is 5.56 Å². The fraction of sp³-hybridized carbons (Fsp3) is 0.222. The van der Waals surface area contributed by atoms with Crippen LogP contribution in [0.15, 0.2) is 59.7 Å². The zero-order valence-corrected chi connectivity index (χ0v) is 13.0. The standard InChI is InChI=1S/C18H21N3O/c1-3-15-9-11-16(12-10-15)19-18(22)13-14(2)20-21-17-7-5-4-6-8-17/h4-12,21H,3,13H2,1-2H3,(H,19,22)/b20-14+. The van der Waals surface area contributed by atoms with Crippen molar-refractivity contribution in [2.75, 3.05) is 10.7 Å². The Balaban J connectivity index is 1.85. The van der Waals surface area contributed by atoms with Crippen LogP contribution in [0.1, 0.15) is 25.8 Å². The molecule has 0 saturated heterocycles. The zero-order chi connectivity index (χ0) is 15.8. The predicted octanol–water partition coefficient (Wildman–Crippen LogP) is 4.07. The summed E-state index contributed by atoms with van der Waals surface area (Å²) in [6.07, 6.45) is 1.25. The molecule has 0 aliphatic rings. The Morgan fingerprint density at radius 2 is 1.68 bits per heavy atom. The number of anilines is 2. The number of nitrogens with one attached hydrogen (secondary N) is 2. The van der Waals surface area contributed by atoms with Crippen LogP contribution in [0.5, 0.6) is 0 Å². The van der Waals surface area contributed by atoms with Crippen LogP contribution >= 0.6 is 0 Å². The Hall–Kier alpha value is -2.62. The summed E-state index contributed by atoms with van der Waals surface area (Å²) in [6.45, 7) is 3.93. The largest absolute Gasteiger partial charge is 0.326 e. The molecule has 0 bridgehead atoms. The Labute approximate surface area is 131 Å². The topological polar surface area (TPSA) is 53.5 Å². The molecule has 0 spiro atoms. The van der Waals surface area contributed by atoms with Crippen molar-refractivity contribution in [1.29, 1.82) is 0 Å². The highest BCUT2D eigenvalue weighted by Crippen LogP contribution is 2.10. The maximum atomic E-state index is 12.0. The summed E-state index contributed by atoms with van der Waals surface area (Å²) in [7, 11) is 0. The van der Waals surface area contributed by atoms with Crippen LogP contribution in [0.25, 0.3) is 0 Å². The van der Waals surface area contributed by atoms with Gasteiger partial charge in [0, 0.05) is 11.4 Å². The number of nitrogens with zero attached hydrogens (tertiary/aromatic N) is 1. The molecule has 0 saturated carbocycles. The van der Waals surface area contributed by atoms with Crippen LogP contribution in [0.3, 0.4) is 0 Å². The van der Waals surface area contributed by atoms with Gasteiger partial charge in [-0.25, -0.2) is 0 Å². The predicted molar refractivity (Wildman–Crippen MR) is 92.2 cm³/mol. The van der Waals surface area contributed by atoms with Crippen LogP contribution in [0.2, 0.25) is 0 Å². The van der Waals surface area contributed by atoms with Gasteiger partial charge in [0.2, 0.25) is 5.91 Å². The maximum Gasteiger partial charge on any atom is 0.230 e. The van der Waals surface area contributed by atoms with Crippen LogP contribution < -0.4 is 10.7 Å². The van der Waals surface area contributed by atoms with Crippen molar-refractivity contribution in [3.05, 3.63) is 60.2 Å². The molecular weight excluding hydrogens is 274 g/mol. The molecule has 0 fully saturated rings. The fourth-order valence-corrected chi connectivity index (χ4v) is 1.97. The molecule has 22 heavy (non-hydrogen) atoms. The van der Waals surface area contributed by atoms with E-state index in [-0.39, 0.29) is 12.3 Å². The minimum absolute atomic E-state index is 0.0691. The van der Waals surface area contributed by atoms with Gasteiger partial charge in [0.15, 0.2) is 0 Å². The van der Waals surface area contributed by atoms with Gasteiger partial charge in [-0.15, -0.1) is 0 Å². The second kappa shape index (κ2) is 7.98. The molecule has 0 unspecified atom stereocenters. The highest BCUT2D eigenvalue weighted by molar-refractivity contribution is 6.05. The van der Waals surface area contributed by atoms with Gasteiger partial charge in [-0.05, 0) is 43.2 Å². The SMILES string of the molecule is CCc1ccc(NC(=O)C/C(C)=N/Nc2ccccc2)cc1. The second-order valence-corrected chi connectivity index (χ2v) is 5.10. The summed E-state index contributed by atoms with van der Waals surface area (Å²) in [6, 6.07) is 17.5. The van der Waals surface area contributed by atoms with Gasteiger partial charge >= 0.3 is 0 Å². The summed E-state index contributed by atoms with van der Waals surface area (Å²) < 4.78 is 0. The number of aryl methyl sites for hydroxylation is 1. The van der Waals surface area contributed by atoms with E-state index in [4.69, 9.17) is 0 Å². The summed E-state index contributed by atoms with van der Waals surface area (Å²) >= 11 is 0. The first-order chi connectivity index (χ1) is 10.7. The Morgan fingerprint density at radius 1 is 1.00 bits per heavy atom. The van der Waals surface area contributed by atoms with Gasteiger partial charge in [0.1, 0.15) is 0 Å². The second-order valence-electron chi connectivity index (χ2n) is 5.10. The third-order valence-electron chi connectivity index (χ3n) is 3.21. The van der Waals surface area contributed by atoms with Gasteiger partial charge in [-0.1, -0.05) is 37.3 Å². The number of amides is 1. The van der Waals surface area contributed by atoms with Crippen molar-refractivity contribution in [3.63, 3.8) is 0 Å². The van der Waals surface area contributed by atoms with Crippen molar-refractivity contribution >= 4 is 23.0 Å². The van der Waals surface area contributed by atoms with E-state index in [0.717, 1.165) is 23.5 Å². The minimum atomic E-state index is -0.0691. The van der Waals surface area contributed by atoms with Gasteiger partial charge in [-0.2, -0.15) is 5.10 Å². The lowest BCUT2D eigenvalue weighted by molar-refractivity contribution is -0.115. The summed E-state index contributed by atoms with van der Waals surface area (Å²) in [5.41, 5.74) is 6.63. The molecule has 1 amide bonds. The third kappa shape index (κ3) is 5.05. The van der Waals surface area contributed by atoms with Crippen LogP contribution in [0, 0.1) is 0 Å². The van der Waals surface area contributed by atoms with Gasteiger partial charge < -0.3 is 5.32 Å². The first-order valence-electron chi connectivity index (χ1n) is 7.40. The normalized spacial score (nSPS) is 11.1. The Kier molecular flexibility index (Phi) is 5.72. The van der Waals surface area contributed by atoms with Crippen molar-refractivity contribution < 1.29 is 4.79 Å². The average Bonchev–Trinajstić information content (AvgIpc) is 2.54. The molecule has 0 aliphatic carbocycles. The van der Waals surface area contributed by atoms with Gasteiger partial charge in [-0.3, -0.25) is 10.2 Å². The van der Waals surface area contributed by atoms with Crippen molar-refractivity contribution in [2.24, 2.45) is 5.10 Å². The molecule has 0 heterocycles. The van der Waals surface area contributed by atoms with Crippen LogP contribution in [0.4, 0.5) is 11.4 Å². The minimum Gasteiger partial charge on any atom is -0.326 e. The molecule has 2 aromatic carbocycles. The lowest BCUT2D eigenvalue weighted by Crippen LogP contribution is -2.15. The van der Waals surface area contributed by atoms with Crippen LogP contribution in [-0.2, 0) is 11.2 Å². The molecule has 4 heteroatoms. The van der Waals surface area contributed by atoms with Crippen molar-refractivity contribution in [2.45, 2.75) is 26.7 Å². The van der Waals surface area contributed by atoms with E-state index in [1.807, 2.05) is 61.5 Å². The van der Waals surface area contributed by atoms with E-state index in [9.17, 15) is 4.79 Å². The molecule has 0 atom stereocenters. The lowest BCUT2D eigenvalue weighted by Gasteiger charge is -2.06. The zero-order valence-electron chi connectivity index (χ0n) is 13.0. The number of rotatable bonds is 6. The Bertz CT molecular complexity index is 633. The van der Waals surface area contributed by atoms with Crippen molar-refractivity contribution in [3.8, 4) is 0 Å². The summed E-state index contributed by atoms with van der Waals surface area (Å²) in [4.78, 5) is 12.0. The monoisotopic (exact) mass is 295 g/mol. The fourth-order valence-electron chi connectivity index (χ4n) is 1.97. The highest BCUT2D eigenvalue weighted by Gasteiger charge is 2.04. The number of benzene rings is 2. The number of hydrogen-bond acceptors (Lipinski definition) is 3. The number of carbonyl (C=O) groups is 1. The third-order valence-corrected chi connectivity index (χ3v) is 3.21. The highest BCUT2D eigenvalue weighted by atomic mass is 16.1. The molecule has 0 aliphatic heterocycles. The summed E-state index contributed by atoms with van der Waals surface area (Å²) in [5, 5.41) is 7.08. The van der Waals surface area contributed by atoms with E-state index < -0.39 is 0 Å². The smallest absolute Gasteiger partial charge is 0.230 e. The molecule has 0 radical (unpaired) electrons. The van der Waals surface area contributed by atoms with E-state index in [0.29, 0.717) is 0 Å². The number of hydrazone groups is 1. The molecule has 0 aromatic heterocycles. The molecule has 2 rings (SSSR count). The first-order valence-corrected chi connectivity index (χ1v) is 7.40. The number of hydrogen-bond donors (Lipinski definition) is 2. The van der Waals surface area contributed by atoms with E-state index >= 15 is 0 Å². The van der Waals surface area contributed by atoms with Gasteiger partial charge in [0.05, 0.1) is 12.1 Å². The van der Waals surface area contributed by atoms with Crippen LogP contribution in [-0.4, -0.2) is 11.6 Å². The lowest BCUT2D eigenvalue weighted by atomic mass is 10.1. The number of para-hydroxylation sites is 1. The molecule has 2 aromatic rings. The molecular formula is C18H21N3O. The molecule has 4 nitrogen and oxygen atoms in total. The van der Waals surface area contributed by atoms with E-state index in [2.05, 4.69) is 22.8 Å². The van der Waals surface area contributed by atoms with Gasteiger partial charge in [0.25, 0.3) is 0 Å². The van der Waals surface area contributed by atoms with E-state index in [1.54, 1.807) is 0 Å². The average molecular weight is 295 g/mol. The number of carbonyl (C=O) groups excluding carboxylic acids is 1. The Morgan fingerprint density at radius 3 is 2.32 bits per heavy atom. The molecule has 114 valence electrons. The molecule has 2 N–H and O–H groups in total. The maximum absolute atomic E-state index is 12.0. The van der Waals surface area contributed by atoms with Crippen molar-refractivity contribution in [1.82, 2.24) is 0 Å². The summed E-state index contributed by atoms with van der Waals surface area (Å²) in [5.74, 6) is -0.0691. The quantitative estimate of drug-likeness (QED) is 0.623.